The van der Waals surface area contributed by atoms with Gasteiger partial charge in [-0.05, 0) is 56.7 Å². The molecule has 5 nitrogen and oxygen atoms in total. The number of nitrogens with one attached hydrogen (secondary N) is 2. The lowest BCUT2D eigenvalue weighted by atomic mass is 9.57. The maximum absolute atomic E-state index is 13.7. The number of rotatable bonds is 6. The molecule has 3 aliphatic carbocycles. The number of anilines is 1. The van der Waals surface area contributed by atoms with Crippen LogP contribution in [-0.4, -0.2) is 31.8 Å². The van der Waals surface area contributed by atoms with Gasteiger partial charge in [0.25, 0.3) is 5.91 Å². The highest BCUT2D eigenvalue weighted by Gasteiger charge is 2.48. The Labute approximate surface area is 172 Å². The fourth-order valence-corrected chi connectivity index (χ4v) is 5.27. The van der Waals surface area contributed by atoms with E-state index in [9.17, 15) is 30.8 Å². The second-order valence-corrected chi connectivity index (χ2v) is 9.98. The molecule has 164 valence electrons. The highest BCUT2D eigenvalue weighted by atomic mass is 32.2. The van der Waals surface area contributed by atoms with Crippen LogP contribution in [0.4, 0.5) is 23.2 Å². The molecule has 3 aliphatic rings. The van der Waals surface area contributed by atoms with Crippen LogP contribution >= 0.6 is 0 Å². The van der Waals surface area contributed by atoms with Gasteiger partial charge >= 0.3 is 6.18 Å². The Morgan fingerprint density at radius 2 is 1.73 bits per heavy atom. The molecular weight excluding hydrogens is 424 g/mol. The monoisotopic (exact) mass is 446 g/mol. The molecule has 0 heterocycles. The van der Waals surface area contributed by atoms with Crippen LogP contribution in [0.25, 0.3) is 0 Å². The average molecular weight is 446 g/mol. The van der Waals surface area contributed by atoms with E-state index in [1.807, 2.05) is 4.72 Å². The third kappa shape index (κ3) is 5.06. The van der Waals surface area contributed by atoms with E-state index in [1.165, 1.54) is 0 Å². The number of carbonyl (C=O) groups excluding carboxylic acids is 1. The molecule has 3 fully saturated rings. The summed E-state index contributed by atoms with van der Waals surface area (Å²) in [6.45, 7) is 0. The zero-order valence-corrected chi connectivity index (χ0v) is 16.9. The second-order valence-electron chi connectivity index (χ2n) is 8.14. The number of halogens is 4. The minimum Gasteiger partial charge on any atom is -0.347 e. The van der Waals surface area contributed by atoms with Crippen molar-refractivity contribution in [2.45, 2.75) is 56.7 Å². The van der Waals surface area contributed by atoms with Crippen molar-refractivity contribution in [3.8, 4) is 12.3 Å². The number of amides is 1. The molecule has 4 rings (SSSR count). The summed E-state index contributed by atoms with van der Waals surface area (Å²) in [5.41, 5.74) is -1.16. The van der Waals surface area contributed by atoms with E-state index < -0.39 is 51.3 Å². The number of alkyl halides is 3. The zero-order chi connectivity index (χ0) is 22.2. The summed E-state index contributed by atoms with van der Waals surface area (Å²) < 4.78 is 76.8. The molecule has 3 saturated carbocycles. The topological polar surface area (TPSA) is 75.3 Å². The number of hydrogen-bond donors (Lipinski definition) is 2. The van der Waals surface area contributed by atoms with Crippen molar-refractivity contribution in [1.29, 1.82) is 0 Å². The molecule has 0 unspecified atom stereocenters. The van der Waals surface area contributed by atoms with Crippen LogP contribution in [0.5, 0.6) is 0 Å². The highest BCUT2D eigenvalue weighted by Crippen LogP contribution is 2.52. The maximum atomic E-state index is 13.7. The third-order valence-electron chi connectivity index (χ3n) is 6.08. The molecule has 0 aliphatic heterocycles. The van der Waals surface area contributed by atoms with Crippen molar-refractivity contribution in [1.82, 2.24) is 5.32 Å². The zero-order valence-electron chi connectivity index (χ0n) is 16.1. The highest BCUT2D eigenvalue weighted by molar-refractivity contribution is 7.92. The summed E-state index contributed by atoms with van der Waals surface area (Å²) in [5, 5.41) is 2.93. The van der Waals surface area contributed by atoms with E-state index in [1.54, 1.807) is 0 Å². The second kappa shape index (κ2) is 7.76. The number of terminal acetylenes is 1. The summed E-state index contributed by atoms with van der Waals surface area (Å²) in [7, 11) is -4.44. The van der Waals surface area contributed by atoms with Gasteiger partial charge in [0.1, 0.15) is 5.82 Å². The summed E-state index contributed by atoms with van der Waals surface area (Å²) >= 11 is 0. The molecule has 2 bridgehead atoms. The maximum Gasteiger partial charge on any atom is 0.390 e. The summed E-state index contributed by atoms with van der Waals surface area (Å²) in [6, 6.07) is 2.88. The van der Waals surface area contributed by atoms with Crippen molar-refractivity contribution in [2.24, 2.45) is 5.41 Å². The fraction of sp³-hybridized carbons (Fsp3) is 0.550. The molecule has 0 saturated heterocycles. The molecule has 30 heavy (non-hydrogen) atoms. The van der Waals surface area contributed by atoms with Crippen molar-refractivity contribution in [2.75, 3.05) is 10.5 Å². The lowest BCUT2D eigenvalue weighted by molar-refractivity contribution is -0.129. The molecule has 0 aromatic heterocycles. The molecule has 0 atom stereocenters. The van der Waals surface area contributed by atoms with Crippen molar-refractivity contribution >= 4 is 21.6 Å². The van der Waals surface area contributed by atoms with E-state index in [0.29, 0.717) is 19.3 Å². The Bertz CT molecular complexity index is 958. The van der Waals surface area contributed by atoms with Gasteiger partial charge in [0.05, 0.1) is 23.4 Å². The number of hydrogen-bond acceptors (Lipinski definition) is 3. The Morgan fingerprint density at radius 1 is 1.13 bits per heavy atom. The molecule has 1 amide bonds. The fourth-order valence-electron chi connectivity index (χ4n) is 4.17. The molecule has 1 aromatic carbocycles. The largest absolute Gasteiger partial charge is 0.390 e. The van der Waals surface area contributed by atoms with Crippen LogP contribution in [0.15, 0.2) is 18.2 Å². The van der Waals surface area contributed by atoms with Gasteiger partial charge in [0, 0.05) is 11.0 Å². The molecule has 0 radical (unpaired) electrons. The first kappa shape index (κ1) is 22.4. The van der Waals surface area contributed by atoms with Gasteiger partial charge in [-0.25, -0.2) is 12.8 Å². The first-order valence-electron chi connectivity index (χ1n) is 9.54. The summed E-state index contributed by atoms with van der Waals surface area (Å²) in [5.74, 6) is 0.191. The van der Waals surface area contributed by atoms with Crippen LogP contribution < -0.4 is 10.0 Å². The van der Waals surface area contributed by atoms with Gasteiger partial charge in [-0.3, -0.25) is 9.52 Å². The van der Waals surface area contributed by atoms with Gasteiger partial charge in [-0.1, -0.05) is 5.92 Å². The van der Waals surface area contributed by atoms with E-state index in [2.05, 4.69) is 11.2 Å². The smallest absolute Gasteiger partial charge is 0.347 e. The van der Waals surface area contributed by atoms with E-state index in [4.69, 9.17) is 6.42 Å². The normalized spacial score (nSPS) is 26.1. The number of sulfonamides is 1. The van der Waals surface area contributed by atoms with Gasteiger partial charge < -0.3 is 5.32 Å². The average Bonchev–Trinajstić information content (AvgIpc) is 2.67. The van der Waals surface area contributed by atoms with E-state index in [-0.39, 0.29) is 11.0 Å². The van der Waals surface area contributed by atoms with Gasteiger partial charge in [0.2, 0.25) is 10.0 Å². The Kier molecular flexibility index (Phi) is 5.80. The van der Waals surface area contributed by atoms with Crippen LogP contribution in [0.1, 0.15) is 55.3 Å². The van der Waals surface area contributed by atoms with E-state index >= 15 is 0 Å². The first-order chi connectivity index (χ1) is 13.9. The lowest BCUT2D eigenvalue weighted by Crippen LogP contribution is -2.56. The lowest BCUT2D eigenvalue weighted by Gasteiger charge is -2.51. The predicted molar refractivity (Wildman–Crippen MR) is 104 cm³/mol. The van der Waals surface area contributed by atoms with Crippen LogP contribution in [0.2, 0.25) is 0 Å². The standard InChI is InChI=1S/C20H22F4N2O3S/c1-2-18-5-8-19(9-6-18,10-7-18)25-17(27)15-4-3-14(21)13-16(15)26-30(28,29)12-11-20(22,23)24/h1,3-4,13,26H,5-12H2,(H,25,27). The molecule has 10 heteroatoms. The molecule has 0 spiro atoms. The van der Waals surface area contributed by atoms with Crippen molar-refractivity contribution < 1.29 is 30.8 Å². The molecule has 2 N–H and O–H groups in total. The Morgan fingerprint density at radius 3 is 2.27 bits per heavy atom. The quantitative estimate of drug-likeness (QED) is 0.513. The third-order valence-corrected chi connectivity index (χ3v) is 7.35. The predicted octanol–water partition coefficient (Wildman–Crippen LogP) is 3.98. The summed E-state index contributed by atoms with van der Waals surface area (Å²) in [6.07, 6.45) is 3.76. The van der Waals surface area contributed by atoms with Crippen LogP contribution in [0, 0.1) is 23.6 Å². The minimum absolute atomic E-state index is 0.137. The van der Waals surface area contributed by atoms with Crippen LogP contribution in [-0.2, 0) is 10.0 Å². The van der Waals surface area contributed by atoms with Crippen LogP contribution in [0.3, 0.4) is 0 Å². The molecule has 1 aromatic rings. The Hall–Kier alpha value is -2.28. The number of fused-ring (bicyclic) bond motifs is 3. The first-order valence-corrected chi connectivity index (χ1v) is 11.2. The van der Waals surface area contributed by atoms with Crippen molar-refractivity contribution in [3.05, 3.63) is 29.6 Å². The molecular formula is C20H22F4N2O3S. The summed E-state index contributed by atoms with van der Waals surface area (Å²) in [4.78, 5) is 12.9. The van der Waals surface area contributed by atoms with Gasteiger partial charge in [0.15, 0.2) is 0 Å². The number of carbonyl (C=O) groups is 1. The van der Waals surface area contributed by atoms with Gasteiger partial charge in [-0.2, -0.15) is 13.2 Å². The minimum atomic E-state index is -4.66. The van der Waals surface area contributed by atoms with E-state index in [0.717, 1.165) is 37.5 Å². The SMILES string of the molecule is C#CC12CCC(NC(=O)c3ccc(F)cc3NS(=O)(=O)CCC(F)(F)F)(CC1)CC2. The van der Waals surface area contributed by atoms with Gasteiger partial charge in [-0.15, -0.1) is 6.42 Å². The Balaban J connectivity index is 1.77. The van der Waals surface area contributed by atoms with Crippen molar-refractivity contribution in [3.63, 3.8) is 0 Å². The number of benzene rings is 1.